The number of benzene rings is 1. The van der Waals surface area contributed by atoms with E-state index in [1.54, 1.807) is 27.1 Å². The fourth-order valence-electron chi connectivity index (χ4n) is 3.33. The highest BCUT2D eigenvalue weighted by Gasteiger charge is 2.37. The molecule has 0 unspecified atom stereocenters. The van der Waals surface area contributed by atoms with E-state index in [1.807, 2.05) is 54.1 Å². The molecule has 0 spiro atoms. The van der Waals surface area contributed by atoms with Crippen LogP contribution in [-0.4, -0.2) is 43.8 Å². The van der Waals surface area contributed by atoms with Gasteiger partial charge >= 0.3 is 0 Å². The number of amides is 1. The van der Waals surface area contributed by atoms with Crippen LogP contribution in [0.25, 0.3) is 17.1 Å². The van der Waals surface area contributed by atoms with Crippen LogP contribution in [0.2, 0.25) is 0 Å². The van der Waals surface area contributed by atoms with Gasteiger partial charge in [0.25, 0.3) is 5.91 Å². The molecule has 0 saturated carbocycles. The molecule has 1 amide bonds. The summed E-state index contributed by atoms with van der Waals surface area (Å²) in [4.78, 5) is 19.1. The third kappa shape index (κ3) is 2.82. The Balaban J connectivity index is 1.28. The molecule has 1 aromatic carbocycles. The van der Waals surface area contributed by atoms with Gasteiger partial charge in [-0.05, 0) is 30.5 Å². The number of hydrogen-bond acceptors (Lipinski definition) is 6. The molecule has 1 aliphatic heterocycles. The standard InChI is InChI=1S/C20H17N5O2S/c1-13-17(9-21-25(13)16-5-3-2-4-6-16)20(26)24-10-15(11-24)19-22-18(23-27-19)14-7-8-28-12-14/h2-9,12,15H,10-11H2,1H3. The van der Waals surface area contributed by atoms with E-state index in [0.717, 1.165) is 16.9 Å². The SMILES string of the molecule is Cc1c(C(=O)N2CC(c3nc(-c4ccsc4)no3)C2)cnn1-c1ccccc1. The van der Waals surface area contributed by atoms with Gasteiger partial charge < -0.3 is 9.42 Å². The highest BCUT2D eigenvalue weighted by Crippen LogP contribution is 2.30. The third-order valence-corrected chi connectivity index (χ3v) is 5.66. The molecule has 4 heterocycles. The molecule has 1 fully saturated rings. The second-order valence-corrected chi connectivity index (χ2v) is 7.55. The molecular formula is C20H17N5O2S. The average molecular weight is 391 g/mol. The predicted octanol–water partition coefficient (Wildman–Crippen LogP) is 3.53. The second-order valence-electron chi connectivity index (χ2n) is 6.77. The summed E-state index contributed by atoms with van der Waals surface area (Å²) in [6, 6.07) is 11.8. The van der Waals surface area contributed by atoms with Gasteiger partial charge in [-0.2, -0.15) is 21.4 Å². The van der Waals surface area contributed by atoms with Crippen molar-refractivity contribution < 1.29 is 9.32 Å². The lowest BCUT2D eigenvalue weighted by Crippen LogP contribution is -2.48. The Morgan fingerprint density at radius 3 is 2.79 bits per heavy atom. The number of carbonyl (C=O) groups is 1. The Morgan fingerprint density at radius 2 is 2.04 bits per heavy atom. The summed E-state index contributed by atoms with van der Waals surface area (Å²) in [6.45, 7) is 3.05. The minimum atomic E-state index is -0.0199. The summed E-state index contributed by atoms with van der Waals surface area (Å²) >= 11 is 1.59. The van der Waals surface area contributed by atoms with Crippen molar-refractivity contribution in [2.24, 2.45) is 0 Å². The topological polar surface area (TPSA) is 77.1 Å². The van der Waals surface area contributed by atoms with Crippen LogP contribution in [-0.2, 0) is 0 Å². The molecule has 1 saturated heterocycles. The normalized spacial score (nSPS) is 14.2. The summed E-state index contributed by atoms with van der Waals surface area (Å²) in [5, 5.41) is 12.4. The van der Waals surface area contributed by atoms with Gasteiger partial charge in [0.05, 0.1) is 29.1 Å². The van der Waals surface area contributed by atoms with Crippen molar-refractivity contribution in [3.05, 3.63) is 70.5 Å². The second kappa shape index (κ2) is 6.72. The summed E-state index contributed by atoms with van der Waals surface area (Å²) < 4.78 is 7.19. The van der Waals surface area contributed by atoms with Gasteiger partial charge in [-0.3, -0.25) is 4.79 Å². The monoisotopic (exact) mass is 391 g/mol. The van der Waals surface area contributed by atoms with Crippen LogP contribution in [0.1, 0.15) is 27.9 Å². The van der Waals surface area contributed by atoms with Crippen molar-refractivity contribution >= 4 is 17.2 Å². The van der Waals surface area contributed by atoms with Gasteiger partial charge in [-0.15, -0.1) is 0 Å². The lowest BCUT2D eigenvalue weighted by Gasteiger charge is -2.36. The first-order valence-corrected chi connectivity index (χ1v) is 9.90. The zero-order valence-electron chi connectivity index (χ0n) is 15.1. The number of hydrogen-bond donors (Lipinski definition) is 0. The van der Waals surface area contributed by atoms with Crippen LogP contribution in [0.15, 0.2) is 57.9 Å². The number of aromatic nitrogens is 4. The molecule has 140 valence electrons. The number of likely N-dealkylation sites (tertiary alicyclic amines) is 1. The van der Waals surface area contributed by atoms with Crippen molar-refractivity contribution in [1.29, 1.82) is 0 Å². The Labute approximate surface area is 165 Å². The minimum Gasteiger partial charge on any atom is -0.339 e. The van der Waals surface area contributed by atoms with Crippen molar-refractivity contribution in [3.63, 3.8) is 0 Å². The van der Waals surface area contributed by atoms with Crippen LogP contribution in [0, 0.1) is 6.92 Å². The molecule has 5 rings (SSSR count). The van der Waals surface area contributed by atoms with E-state index >= 15 is 0 Å². The number of carbonyl (C=O) groups excluding carboxylic acids is 1. The molecule has 0 aliphatic carbocycles. The maximum atomic E-state index is 12.9. The Bertz CT molecular complexity index is 1110. The average Bonchev–Trinajstić information content (AvgIpc) is 3.42. The minimum absolute atomic E-state index is 0.0199. The van der Waals surface area contributed by atoms with Gasteiger partial charge in [0.15, 0.2) is 0 Å². The van der Waals surface area contributed by atoms with Crippen LogP contribution >= 0.6 is 11.3 Å². The number of para-hydroxylation sites is 1. The van der Waals surface area contributed by atoms with Gasteiger partial charge in [-0.1, -0.05) is 23.4 Å². The first-order valence-electron chi connectivity index (χ1n) is 8.96. The van der Waals surface area contributed by atoms with Crippen LogP contribution < -0.4 is 0 Å². The molecule has 0 radical (unpaired) electrons. The lowest BCUT2D eigenvalue weighted by atomic mass is 9.99. The Kier molecular flexibility index (Phi) is 4.05. The summed E-state index contributed by atoms with van der Waals surface area (Å²) in [7, 11) is 0. The van der Waals surface area contributed by atoms with Crippen molar-refractivity contribution in [3.8, 4) is 17.1 Å². The molecule has 8 heteroatoms. The zero-order chi connectivity index (χ0) is 19.1. The van der Waals surface area contributed by atoms with Gasteiger partial charge in [0, 0.05) is 24.0 Å². The van der Waals surface area contributed by atoms with E-state index in [-0.39, 0.29) is 11.8 Å². The first kappa shape index (κ1) is 16.9. The molecule has 7 nitrogen and oxygen atoms in total. The van der Waals surface area contributed by atoms with E-state index in [9.17, 15) is 4.79 Å². The van der Waals surface area contributed by atoms with Gasteiger partial charge in [0.1, 0.15) is 0 Å². The van der Waals surface area contributed by atoms with Crippen LogP contribution in [0.4, 0.5) is 0 Å². The van der Waals surface area contributed by atoms with E-state index in [1.165, 1.54) is 0 Å². The van der Waals surface area contributed by atoms with Crippen molar-refractivity contribution in [2.75, 3.05) is 13.1 Å². The third-order valence-electron chi connectivity index (χ3n) is 4.98. The van der Waals surface area contributed by atoms with Crippen LogP contribution in [0.3, 0.4) is 0 Å². The fourth-order valence-corrected chi connectivity index (χ4v) is 3.96. The lowest BCUT2D eigenvalue weighted by molar-refractivity contribution is 0.0568. The molecule has 0 atom stereocenters. The zero-order valence-corrected chi connectivity index (χ0v) is 16.0. The number of nitrogens with zero attached hydrogens (tertiary/aromatic N) is 5. The van der Waals surface area contributed by atoms with Crippen LogP contribution in [0.5, 0.6) is 0 Å². The highest BCUT2D eigenvalue weighted by molar-refractivity contribution is 7.08. The quantitative estimate of drug-likeness (QED) is 0.532. The fraction of sp³-hybridized carbons (Fsp3) is 0.200. The molecule has 0 bridgehead atoms. The van der Waals surface area contributed by atoms with Gasteiger partial charge in [-0.25, -0.2) is 4.68 Å². The van der Waals surface area contributed by atoms with E-state index in [4.69, 9.17) is 4.52 Å². The maximum Gasteiger partial charge on any atom is 0.257 e. The highest BCUT2D eigenvalue weighted by atomic mass is 32.1. The van der Waals surface area contributed by atoms with E-state index in [0.29, 0.717) is 30.4 Å². The first-order chi connectivity index (χ1) is 13.7. The summed E-state index contributed by atoms with van der Waals surface area (Å²) in [5.41, 5.74) is 3.34. The van der Waals surface area contributed by atoms with Gasteiger partial charge in [0.2, 0.25) is 11.7 Å². The number of thiophene rings is 1. The molecule has 1 aliphatic rings. The van der Waals surface area contributed by atoms with Crippen molar-refractivity contribution in [1.82, 2.24) is 24.8 Å². The smallest absolute Gasteiger partial charge is 0.257 e. The summed E-state index contributed by atoms with van der Waals surface area (Å²) in [5.74, 6) is 1.24. The van der Waals surface area contributed by atoms with Crippen molar-refractivity contribution in [2.45, 2.75) is 12.8 Å². The number of rotatable bonds is 4. The summed E-state index contributed by atoms with van der Waals surface area (Å²) in [6.07, 6.45) is 1.64. The molecule has 3 aromatic heterocycles. The largest absolute Gasteiger partial charge is 0.339 e. The molecule has 0 N–H and O–H groups in total. The molecule has 28 heavy (non-hydrogen) atoms. The van der Waals surface area contributed by atoms with E-state index in [2.05, 4.69) is 15.2 Å². The van der Waals surface area contributed by atoms with E-state index < -0.39 is 0 Å². The maximum absolute atomic E-state index is 12.9. The Hall–Kier alpha value is -3.26. The Morgan fingerprint density at radius 1 is 1.21 bits per heavy atom. The molecule has 4 aromatic rings. The predicted molar refractivity (Wildman–Crippen MR) is 105 cm³/mol. The molecular weight excluding hydrogens is 374 g/mol.